The summed E-state index contributed by atoms with van der Waals surface area (Å²) in [5.74, 6) is 0.875. The number of carbonyl (C=O) groups is 1. The lowest BCUT2D eigenvalue weighted by molar-refractivity contribution is -0.118. The number of carbonyl (C=O) groups excluding carboxylic acids is 1. The van der Waals surface area contributed by atoms with E-state index in [1.54, 1.807) is 23.1 Å². The SMILES string of the molecule is CCOc1ccc(CCC(=O)N2CCc3cc(S(=O)(=O)NC)ccc32)cc1. The van der Waals surface area contributed by atoms with E-state index in [0.29, 0.717) is 32.4 Å². The van der Waals surface area contributed by atoms with E-state index in [1.807, 2.05) is 31.2 Å². The fourth-order valence-corrected chi connectivity index (χ4v) is 4.01. The molecule has 0 radical (unpaired) electrons. The lowest BCUT2D eigenvalue weighted by Crippen LogP contribution is -2.29. The van der Waals surface area contributed by atoms with Gasteiger partial charge in [0.2, 0.25) is 15.9 Å². The second-order valence-corrected chi connectivity index (χ2v) is 8.26. The van der Waals surface area contributed by atoms with E-state index in [-0.39, 0.29) is 10.8 Å². The standard InChI is InChI=1S/C20H24N2O4S/c1-3-26-17-7-4-15(5-8-17)6-11-20(23)22-13-12-16-14-18(9-10-19(16)22)27(24,25)21-2/h4-5,7-10,14,21H,3,6,11-13H2,1-2H3. The maximum atomic E-state index is 12.7. The molecule has 0 unspecified atom stereocenters. The highest BCUT2D eigenvalue weighted by atomic mass is 32.2. The summed E-state index contributed by atoms with van der Waals surface area (Å²) >= 11 is 0. The second-order valence-electron chi connectivity index (χ2n) is 6.37. The highest BCUT2D eigenvalue weighted by molar-refractivity contribution is 7.89. The van der Waals surface area contributed by atoms with Gasteiger partial charge in [0.05, 0.1) is 11.5 Å². The minimum atomic E-state index is -3.48. The third-order valence-corrected chi connectivity index (χ3v) is 6.10. The first-order chi connectivity index (χ1) is 12.9. The van der Waals surface area contributed by atoms with E-state index >= 15 is 0 Å². The van der Waals surface area contributed by atoms with Crippen LogP contribution in [0.4, 0.5) is 5.69 Å². The first-order valence-corrected chi connectivity index (χ1v) is 10.5. The molecule has 0 aromatic heterocycles. The number of benzene rings is 2. The van der Waals surface area contributed by atoms with Crippen molar-refractivity contribution in [2.24, 2.45) is 0 Å². The number of aryl methyl sites for hydroxylation is 1. The van der Waals surface area contributed by atoms with Crippen molar-refractivity contribution >= 4 is 21.6 Å². The molecule has 0 saturated carbocycles. The molecule has 0 spiro atoms. The van der Waals surface area contributed by atoms with Crippen molar-refractivity contribution in [3.05, 3.63) is 53.6 Å². The zero-order chi connectivity index (χ0) is 19.4. The Hall–Kier alpha value is -2.38. The van der Waals surface area contributed by atoms with Gasteiger partial charge < -0.3 is 9.64 Å². The zero-order valence-electron chi connectivity index (χ0n) is 15.6. The van der Waals surface area contributed by atoms with Crippen molar-refractivity contribution in [2.75, 3.05) is 25.1 Å². The number of anilines is 1. The fraction of sp³-hybridized carbons (Fsp3) is 0.350. The molecule has 0 atom stereocenters. The van der Waals surface area contributed by atoms with Crippen LogP contribution >= 0.6 is 0 Å². The number of nitrogens with zero attached hydrogens (tertiary/aromatic N) is 1. The maximum absolute atomic E-state index is 12.7. The predicted molar refractivity (Wildman–Crippen MR) is 105 cm³/mol. The smallest absolute Gasteiger partial charge is 0.240 e. The quantitative estimate of drug-likeness (QED) is 0.791. The molecule has 27 heavy (non-hydrogen) atoms. The summed E-state index contributed by atoms with van der Waals surface area (Å²) in [5.41, 5.74) is 2.78. The average Bonchev–Trinajstić information content (AvgIpc) is 3.11. The maximum Gasteiger partial charge on any atom is 0.240 e. The molecule has 7 heteroatoms. The molecule has 3 rings (SSSR count). The summed E-state index contributed by atoms with van der Waals surface area (Å²) in [5, 5.41) is 0. The first kappa shape index (κ1) is 19.4. The molecule has 0 aliphatic carbocycles. The van der Waals surface area contributed by atoms with Crippen LogP contribution in [0.3, 0.4) is 0 Å². The summed E-state index contributed by atoms with van der Waals surface area (Å²) in [6.07, 6.45) is 1.73. The summed E-state index contributed by atoms with van der Waals surface area (Å²) in [4.78, 5) is 14.6. The van der Waals surface area contributed by atoms with Crippen molar-refractivity contribution in [3.63, 3.8) is 0 Å². The van der Waals surface area contributed by atoms with Crippen LogP contribution in [-0.4, -0.2) is 34.5 Å². The molecular formula is C20H24N2O4S. The molecule has 0 bridgehead atoms. The van der Waals surface area contributed by atoms with Gasteiger partial charge in [-0.15, -0.1) is 0 Å². The van der Waals surface area contributed by atoms with Crippen LogP contribution in [0.2, 0.25) is 0 Å². The normalized spacial score (nSPS) is 13.5. The Morgan fingerprint density at radius 1 is 1.19 bits per heavy atom. The van der Waals surface area contributed by atoms with Crippen molar-refractivity contribution in [3.8, 4) is 5.75 Å². The van der Waals surface area contributed by atoms with Crippen molar-refractivity contribution in [1.29, 1.82) is 0 Å². The van der Waals surface area contributed by atoms with Gasteiger partial charge in [-0.1, -0.05) is 12.1 Å². The Bertz CT molecular complexity index is 923. The molecule has 1 N–H and O–H groups in total. The van der Waals surface area contributed by atoms with Gasteiger partial charge in [0.1, 0.15) is 5.75 Å². The molecular weight excluding hydrogens is 364 g/mol. The third kappa shape index (κ3) is 4.31. The molecule has 6 nitrogen and oxygen atoms in total. The lowest BCUT2D eigenvalue weighted by Gasteiger charge is -2.17. The van der Waals surface area contributed by atoms with E-state index < -0.39 is 10.0 Å². The molecule has 0 saturated heterocycles. The van der Waals surface area contributed by atoms with Crippen molar-refractivity contribution in [1.82, 2.24) is 4.72 Å². The van der Waals surface area contributed by atoms with Crippen LogP contribution < -0.4 is 14.4 Å². The van der Waals surface area contributed by atoms with E-state index in [1.165, 1.54) is 7.05 Å². The van der Waals surface area contributed by atoms with Crippen LogP contribution in [0.25, 0.3) is 0 Å². The van der Waals surface area contributed by atoms with Crippen molar-refractivity contribution < 1.29 is 17.9 Å². The predicted octanol–water partition coefficient (Wildman–Crippen LogP) is 2.52. The Morgan fingerprint density at radius 2 is 1.93 bits per heavy atom. The number of hydrogen-bond acceptors (Lipinski definition) is 4. The van der Waals surface area contributed by atoms with Gasteiger partial charge in [0.15, 0.2) is 0 Å². The van der Waals surface area contributed by atoms with Gasteiger partial charge in [0.25, 0.3) is 0 Å². The third-order valence-electron chi connectivity index (χ3n) is 4.69. The minimum Gasteiger partial charge on any atom is -0.494 e. The molecule has 1 aliphatic rings. The van der Waals surface area contributed by atoms with Crippen molar-refractivity contribution in [2.45, 2.75) is 31.1 Å². The van der Waals surface area contributed by atoms with Gasteiger partial charge in [-0.2, -0.15) is 0 Å². The number of fused-ring (bicyclic) bond motifs is 1. The number of hydrogen-bond donors (Lipinski definition) is 1. The van der Waals surface area contributed by atoms with Crippen LogP contribution in [0.15, 0.2) is 47.4 Å². The summed E-state index contributed by atoms with van der Waals surface area (Å²) in [7, 11) is -2.09. The number of sulfonamides is 1. The number of rotatable bonds is 7. The Balaban J connectivity index is 1.66. The molecule has 2 aromatic carbocycles. The molecule has 2 aromatic rings. The molecule has 1 aliphatic heterocycles. The van der Waals surface area contributed by atoms with E-state index in [9.17, 15) is 13.2 Å². The van der Waals surface area contributed by atoms with Gasteiger partial charge in [-0.25, -0.2) is 13.1 Å². The van der Waals surface area contributed by atoms with Gasteiger partial charge >= 0.3 is 0 Å². The van der Waals surface area contributed by atoms with Gasteiger partial charge in [0, 0.05) is 18.7 Å². The summed E-state index contributed by atoms with van der Waals surface area (Å²) in [6, 6.07) is 12.7. The average molecular weight is 388 g/mol. The topological polar surface area (TPSA) is 75.7 Å². The van der Waals surface area contributed by atoms with E-state index in [4.69, 9.17) is 4.74 Å². The fourth-order valence-electron chi connectivity index (χ4n) is 3.23. The highest BCUT2D eigenvalue weighted by Crippen LogP contribution is 2.30. The van der Waals surface area contributed by atoms with Crippen LogP contribution in [0.5, 0.6) is 5.75 Å². The summed E-state index contributed by atoms with van der Waals surface area (Å²) < 4.78 is 31.6. The Labute approximate surface area is 160 Å². The molecule has 1 heterocycles. The number of nitrogens with one attached hydrogen (secondary N) is 1. The molecule has 0 fully saturated rings. The monoisotopic (exact) mass is 388 g/mol. The largest absolute Gasteiger partial charge is 0.494 e. The summed E-state index contributed by atoms with van der Waals surface area (Å²) in [6.45, 7) is 3.15. The first-order valence-electron chi connectivity index (χ1n) is 9.03. The lowest BCUT2D eigenvalue weighted by atomic mass is 10.1. The minimum absolute atomic E-state index is 0.0480. The van der Waals surface area contributed by atoms with Crippen LogP contribution in [-0.2, 0) is 27.7 Å². The Morgan fingerprint density at radius 3 is 2.59 bits per heavy atom. The van der Waals surface area contributed by atoms with Crippen LogP contribution in [0.1, 0.15) is 24.5 Å². The Kier molecular flexibility index (Phi) is 5.82. The number of amides is 1. The molecule has 144 valence electrons. The second kappa shape index (κ2) is 8.10. The van der Waals surface area contributed by atoms with Gasteiger partial charge in [-0.3, -0.25) is 4.79 Å². The molecule has 1 amide bonds. The number of ether oxygens (including phenoxy) is 1. The zero-order valence-corrected chi connectivity index (χ0v) is 16.4. The highest BCUT2D eigenvalue weighted by Gasteiger charge is 2.26. The van der Waals surface area contributed by atoms with Crippen LogP contribution in [0, 0.1) is 0 Å². The van der Waals surface area contributed by atoms with Gasteiger partial charge in [-0.05, 0) is 68.3 Å². The van der Waals surface area contributed by atoms with E-state index in [0.717, 1.165) is 22.6 Å². The van der Waals surface area contributed by atoms with E-state index in [2.05, 4.69) is 4.72 Å².